The number of likely N-dealkylation sites (N-methyl/N-ethyl adjacent to an activating group) is 4. The lowest BCUT2D eigenvalue weighted by Gasteiger charge is -2.46. The van der Waals surface area contributed by atoms with Crippen LogP contribution >= 0.6 is 85.8 Å². The summed E-state index contributed by atoms with van der Waals surface area (Å²) in [6.07, 6.45) is -11.9. The zero-order valence-corrected chi connectivity index (χ0v) is 62.4. The van der Waals surface area contributed by atoms with Crippen LogP contribution in [0.1, 0.15) is 126 Å². The Balaban J connectivity index is 0.000000412. The number of nitrogens with one attached hydrogen (secondary N) is 1. The fourth-order valence-corrected chi connectivity index (χ4v) is 17.6. The smallest absolute Gasteiger partial charge is 0.410 e. The first-order valence-electron chi connectivity index (χ1n) is 29.8. The van der Waals surface area contributed by atoms with Gasteiger partial charge in [-0.25, -0.2) is 26.4 Å². The van der Waals surface area contributed by atoms with Crippen molar-refractivity contribution in [3.05, 3.63) is 138 Å². The number of halogens is 11. The number of piperidine rings is 2. The molecule has 0 unspecified atom stereocenters. The molecule has 0 bridgehead atoms. The van der Waals surface area contributed by atoms with E-state index in [4.69, 9.17) is 55.9 Å². The zero-order valence-electron chi connectivity index (χ0n) is 54.9. The molecule has 1 N–H and O–H groups in total. The van der Waals surface area contributed by atoms with Gasteiger partial charge in [0.15, 0.2) is 19.7 Å². The number of ether oxygens (including phenoxy) is 2. The van der Waals surface area contributed by atoms with Crippen molar-refractivity contribution in [3.63, 3.8) is 0 Å². The van der Waals surface area contributed by atoms with Gasteiger partial charge in [-0.05, 0) is 157 Å². The van der Waals surface area contributed by atoms with Gasteiger partial charge in [0.25, 0.3) is 0 Å². The van der Waals surface area contributed by atoms with Crippen LogP contribution in [0, 0.1) is 0 Å². The number of carbonyl (C=O) groups excluding carboxylic acids is 5. The lowest BCUT2D eigenvalue weighted by atomic mass is 9.83. The van der Waals surface area contributed by atoms with Crippen LogP contribution < -0.4 is 5.32 Å². The summed E-state index contributed by atoms with van der Waals surface area (Å²) in [6, 6.07) is 24.2. The number of hydrogen-bond donors (Lipinski definition) is 1. The number of fused-ring (bicyclic) bond motifs is 4. The van der Waals surface area contributed by atoms with Crippen molar-refractivity contribution in [1.82, 2.24) is 29.8 Å². The second-order valence-electron chi connectivity index (χ2n) is 26.0. The molecule has 8 rings (SSSR count). The molecule has 96 heavy (non-hydrogen) atoms. The van der Waals surface area contributed by atoms with E-state index >= 15 is 0 Å². The highest BCUT2D eigenvalue weighted by molar-refractivity contribution is 7.92. The van der Waals surface area contributed by atoms with Gasteiger partial charge in [0.1, 0.15) is 39.8 Å². The summed E-state index contributed by atoms with van der Waals surface area (Å²) in [5, 5.41) is 3.95. The number of likely N-dealkylation sites (tertiary alicyclic amines) is 1. The van der Waals surface area contributed by atoms with Crippen LogP contribution in [-0.2, 0) is 75.6 Å². The van der Waals surface area contributed by atoms with E-state index in [1.807, 2.05) is 48.5 Å². The van der Waals surface area contributed by atoms with Gasteiger partial charge in [-0.1, -0.05) is 107 Å². The van der Waals surface area contributed by atoms with E-state index < -0.39 is 107 Å². The molecule has 0 radical (unpaired) electrons. The predicted octanol–water partition coefficient (Wildman–Crippen LogP) is 13.7. The van der Waals surface area contributed by atoms with Crippen molar-refractivity contribution in [2.45, 2.75) is 149 Å². The number of hydrogen-bond acceptors (Lipinski definition) is 13. The van der Waals surface area contributed by atoms with E-state index in [1.165, 1.54) is 50.3 Å². The molecule has 2 atom stereocenters. The second kappa shape index (κ2) is 33.4. The molecule has 17 nitrogen and oxygen atoms in total. The Hall–Kier alpha value is -4.42. The average Bonchev–Trinajstić information content (AvgIpc) is 1.55. The van der Waals surface area contributed by atoms with E-state index in [1.54, 1.807) is 53.7 Å². The van der Waals surface area contributed by atoms with E-state index in [0.717, 1.165) is 57.1 Å². The van der Waals surface area contributed by atoms with Crippen LogP contribution in [0.15, 0.2) is 84.9 Å². The zero-order chi connectivity index (χ0) is 69.7. The van der Waals surface area contributed by atoms with Crippen LogP contribution in [0.2, 0.25) is 20.1 Å². The van der Waals surface area contributed by atoms with Crippen molar-refractivity contribution in [2.24, 2.45) is 0 Å². The molecule has 2 fully saturated rings. The molecular formula is C64H85Cl5F6N6O11S4. The van der Waals surface area contributed by atoms with Crippen molar-refractivity contribution >= 4 is 136 Å². The largest absolute Gasteiger partial charge is 0.444 e. The topological polar surface area (TPSA) is 200 Å². The molecule has 4 aliphatic rings. The molecule has 2 spiro atoms. The first-order chi connectivity index (χ1) is 42.9. The van der Waals surface area contributed by atoms with Crippen molar-refractivity contribution in [1.29, 1.82) is 0 Å². The minimum absolute atomic E-state index is 0. The molecule has 32 heteroatoms. The number of sulfone groups is 2. The Morgan fingerprint density at radius 2 is 0.938 bits per heavy atom. The first kappa shape index (κ1) is 85.8. The van der Waals surface area contributed by atoms with Gasteiger partial charge in [0.05, 0.1) is 42.7 Å². The highest BCUT2D eigenvalue weighted by Gasteiger charge is 2.54. The first-order valence-corrected chi connectivity index (χ1v) is 34.6. The number of aldehydes is 1. The highest BCUT2D eigenvalue weighted by atomic mass is 35.5. The molecule has 0 saturated carbocycles. The average molecular weight is 1530 g/mol. The molecule has 0 aliphatic carbocycles. The van der Waals surface area contributed by atoms with Crippen molar-refractivity contribution < 1.29 is 76.6 Å². The summed E-state index contributed by atoms with van der Waals surface area (Å²) < 4.78 is 139. The molecule has 538 valence electrons. The van der Waals surface area contributed by atoms with Gasteiger partial charge >= 0.3 is 24.5 Å². The van der Waals surface area contributed by atoms with E-state index in [0.29, 0.717) is 62.7 Å². The minimum atomic E-state index is -4.72. The number of carbonyl (C=O) groups is 5. The molecule has 4 aliphatic heterocycles. The third-order valence-electron chi connectivity index (χ3n) is 17.3. The van der Waals surface area contributed by atoms with E-state index in [-0.39, 0.29) is 90.4 Å². The predicted molar refractivity (Wildman–Crippen MR) is 373 cm³/mol. The normalized spacial score (nSPS) is 17.8. The van der Waals surface area contributed by atoms with Crippen LogP contribution in [-0.4, -0.2) is 169 Å². The molecule has 4 heterocycles. The fourth-order valence-electron chi connectivity index (χ4n) is 12.5. The Morgan fingerprint density at radius 1 is 0.573 bits per heavy atom. The summed E-state index contributed by atoms with van der Waals surface area (Å²) in [4.78, 5) is 69.2. The number of rotatable bonds is 15. The Morgan fingerprint density at radius 3 is 1.31 bits per heavy atom. The molecule has 4 aromatic carbocycles. The third kappa shape index (κ3) is 20.4. The highest BCUT2D eigenvalue weighted by Crippen LogP contribution is 2.50. The molecule has 2 saturated heterocycles. The van der Waals surface area contributed by atoms with E-state index in [9.17, 15) is 67.2 Å². The van der Waals surface area contributed by atoms with Crippen LogP contribution in [0.5, 0.6) is 0 Å². The Bertz CT molecular complexity index is 3630. The van der Waals surface area contributed by atoms with Crippen LogP contribution in [0.4, 0.5) is 35.9 Å². The van der Waals surface area contributed by atoms with Crippen LogP contribution in [0.3, 0.4) is 0 Å². The van der Waals surface area contributed by atoms with Gasteiger partial charge in [0.2, 0.25) is 11.8 Å². The summed E-state index contributed by atoms with van der Waals surface area (Å²) in [7, 11) is -1.20. The molecule has 4 aromatic rings. The number of nitrogens with zero attached hydrogens (tertiary/aromatic N) is 5. The van der Waals surface area contributed by atoms with Gasteiger partial charge < -0.3 is 34.3 Å². The number of benzene rings is 4. The quantitative estimate of drug-likeness (QED) is 0.0871. The maximum Gasteiger partial charge on any atom is 0.410 e. The molecule has 4 amide bonds. The van der Waals surface area contributed by atoms with Crippen LogP contribution in [0.25, 0.3) is 0 Å². The van der Waals surface area contributed by atoms with E-state index in [2.05, 4.69) is 10.2 Å². The monoisotopic (exact) mass is 1530 g/mol. The second-order valence-corrected chi connectivity index (χ2v) is 32.2. The van der Waals surface area contributed by atoms with Gasteiger partial charge in [0, 0.05) is 54.2 Å². The lowest BCUT2D eigenvalue weighted by Crippen LogP contribution is -2.57. The minimum Gasteiger partial charge on any atom is -0.444 e. The number of amides is 4. The molecule has 0 aromatic heterocycles. The van der Waals surface area contributed by atoms with Gasteiger partial charge in [-0.15, -0.1) is 12.4 Å². The Kier molecular flexibility index (Phi) is 29.8. The van der Waals surface area contributed by atoms with Gasteiger partial charge in [-0.2, -0.15) is 53.3 Å². The van der Waals surface area contributed by atoms with Crippen molar-refractivity contribution in [3.8, 4) is 0 Å². The summed E-state index contributed by atoms with van der Waals surface area (Å²) >= 11 is 24.7. The summed E-state index contributed by atoms with van der Waals surface area (Å²) in [5.74, 6) is -2.16. The standard InChI is InChI=1S/C32H40Cl2F3N3O5S.C20H25Cl2F3N2O4.C12H15NO2S.ClH.2H2S/c1-29(2,3)45-28(42)39(5)30(23-10-11-25(33)26(34)18-23,21-38(4)27(41)19-32(35,36)37)12-15-40-16-13-31(14-17-40)24-9-7-6-8-22(24)20-46(31,43)44;1-18(2,3)31-17(30)27(5)19(8-9-28,13-6-7-14(21)15(22)10-13)12-26(4)16(29)11-20(23,24)25;14-16(15)9-10-3-1-2-4-11(10)12(16)5-7-13-8-6-12;;;/h6-11,18H,12-17,19-21H2,1-5H3;6-7,9-10H,8,11-12H2,1-5H3;1-4,13H,5-9H2;1H;2*1H2/t30-;19-;;;;/m11..../s1. The maximum absolute atomic E-state index is 13.6. The van der Waals surface area contributed by atoms with Gasteiger partial charge in [-0.3, -0.25) is 19.4 Å². The Labute approximate surface area is 599 Å². The lowest BCUT2D eigenvalue weighted by molar-refractivity contribution is -0.163. The van der Waals surface area contributed by atoms with Crippen molar-refractivity contribution in [2.75, 3.05) is 74.0 Å². The summed E-state index contributed by atoms with van der Waals surface area (Å²) in [5.41, 5.74) is -0.278. The SMILES string of the molecule is CN(C[C@](CC=O)(c1ccc(Cl)c(Cl)c1)N(C)C(=O)OC(C)(C)C)C(=O)CC(F)(F)F.CN(C[C@](CCN1CCC2(CC1)c1ccccc1CS2(=O)=O)(c1ccc(Cl)c(Cl)c1)N(C)C(=O)OC(C)(C)C)C(=O)CC(F)(F)F.Cl.O=S1(=O)Cc2ccccc2C12CCNCC2.S.S. The molecular weight excluding hydrogens is 1450 g/mol. The summed E-state index contributed by atoms with van der Waals surface area (Å²) in [6.45, 7) is 12.0. The fraction of sp³-hybridized carbons (Fsp3) is 0.547. The number of alkyl halides is 6. The third-order valence-corrected chi connectivity index (χ3v) is 23.8. The maximum atomic E-state index is 13.6.